The first kappa shape index (κ1) is 28.1. The second-order valence-corrected chi connectivity index (χ2v) is 9.69. The van der Waals surface area contributed by atoms with Gasteiger partial charge in [0.05, 0.1) is 17.7 Å². The zero-order chi connectivity index (χ0) is 27.2. The second kappa shape index (κ2) is 12.2. The van der Waals surface area contributed by atoms with E-state index in [-0.39, 0.29) is 27.8 Å². The molecule has 0 atom stereocenters. The first-order chi connectivity index (χ1) is 17.4. The van der Waals surface area contributed by atoms with Crippen LogP contribution in [0.25, 0.3) is 0 Å². The van der Waals surface area contributed by atoms with Crippen LogP contribution in [0, 0.1) is 5.92 Å². The minimum atomic E-state index is -4.53. The molecular weight excluding hydrogens is 571 g/mol. The number of benzene rings is 3. The highest BCUT2D eigenvalue weighted by Gasteiger charge is 2.30. The minimum Gasteiger partial charge on any atom is -0.492 e. The van der Waals surface area contributed by atoms with Gasteiger partial charge in [-0.25, -0.2) is 0 Å². The average Bonchev–Trinajstić information content (AvgIpc) is 2.82. The maximum Gasteiger partial charge on any atom is 0.416 e. The monoisotopic (exact) mass is 593 g/mol. The summed E-state index contributed by atoms with van der Waals surface area (Å²) in [5.41, 5.74) is -0.00990. The molecule has 0 radical (unpaired) electrons. The summed E-state index contributed by atoms with van der Waals surface area (Å²) in [4.78, 5) is 25.5. The SMILES string of the molecule is CC(C)COc1ccc(Br)cc1C(=O)NC(=S)Nc1cccc(C(=O)Nc2cccc(C(F)(F)F)c2)c1. The number of halogens is 4. The van der Waals surface area contributed by atoms with Gasteiger partial charge >= 0.3 is 6.18 Å². The van der Waals surface area contributed by atoms with E-state index in [4.69, 9.17) is 17.0 Å². The molecular formula is C26H23BrF3N3O3S. The average molecular weight is 594 g/mol. The molecule has 0 fully saturated rings. The van der Waals surface area contributed by atoms with E-state index in [0.29, 0.717) is 22.5 Å². The van der Waals surface area contributed by atoms with E-state index in [9.17, 15) is 22.8 Å². The number of ether oxygens (including phenoxy) is 1. The summed E-state index contributed by atoms with van der Waals surface area (Å²) in [7, 11) is 0. The molecule has 0 aliphatic carbocycles. The van der Waals surface area contributed by atoms with Crippen LogP contribution in [0.2, 0.25) is 0 Å². The lowest BCUT2D eigenvalue weighted by Crippen LogP contribution is -2.34. The predicted octanol–water partition coefficient (Wildman–Crippen LogP) is 6.88. The Bertz CT molecular complexity index is 1320. The topological polar surface area (TPSA) is 79.5 Å². The maximum absolute atomic E-state index is 12.9. The molecule has 0 spiro atoms. The third kappa shape index (κ3) is 8.29. The first-order valence-corrected chi connectivity index (χ1v) is 12.3. The van der Waals surface area contributed by atoms with Crippen molar-refractivity contribution < 1.29 is 27.5 Å². The zero-order valence-corrected chi connectivity index (χ0v) is 22.2. The summed E-state index contributed by atoms with van der Waals surface area (Å²) in [6.07, 6.45) is -4.53. The van der Waals surface area contributed by atoms with Crippen LogP contribution in [0.4, 0.5) is 24.5 Å². The van der Waals surface area contributed by atoms with Gasteiger partial charge in [0.25, 0.3) is 11.8 Å². The Morgan fingerprint density at radius 3 is 2.30 bits per heavy atom. The molecule has 0 aliphatic heterocycles. The Balaban J connectivity index is 1.67. The number of carbonyl (C=O) groups is 2. The molecule has 3 aromatic carbocycles. The number of hydrogen-bond acceptors (Lipinski definition) is 4. The molecule has 3 N–H and O–H groups in total. The maximum atomic E-state index is 12.9. The quantitative estimate of drug-likeness (QED) is 0.260. The number of rotatable bonds is 7. The Hall–Kier alpha value is -3.44. The van der Waals surface area contributed by atoms with Crippen LogP contribution in [0.1, 0.15) is 40.1 Å². The van der Waals surface area contributed by atoms with E-state index in [0.717, 1.165) is 12.1 Å². The predicted molar refractivity (Wildman–Crippen MR) is 144 cm³/mol. The van der Waals surface area contributed by atoms with Gasteiger partial charge in [0.2, 0.25) is 0 Å². The lowest BCUT2D eigenvalue weighted by molar-refractivity contribution is -0.137. The van der Waals surface area contributed by atoms with E-state index < -0.39 is 23.6 Å². The zero-order valence-electron chi connectivity index (χ0n) is 19.8. The minimum absolute atomic E-state index is 0.00508. The van der Waals surface area contributed by atoms with E-state index in [1.165, 1.54) is 24.3 Å². The molecule has 0 heterocycles. The molecule has 11 heteroatoms. The van der Waals surface area contributed by atoms with Gasteiger partial charge in [0.1, 0.15) is 5.75 Å². The lowest BCUT2D eigenvalue weighted by atomic mass is 10.1. The molecule has 0 saturated heterocycles. The second-order valence-electron chi connectivity index (χ2n) is 8.37. The van der Waals surface area contributed by atoms with Crippen molar-refractivity contribution in [1.29, 1.82) is 0 Å². The molecule has 0 aromatic heterocycles. The van der Waals surface area contributed by atoms with E-state index in [1.807, 2.05) is 13.8 Å². The summed E-state index contributed by atoms with van der Waals surface area (Å²) in [6.45, 7) is 4.41. The highest BCUT2D eigenvalue weighted by Crippen LogP contribution is 2.31. The van der Waals surface area contributed by atoms with Crippen LogP contribution < -0.4 is 20.7 Å². The summed E-state index contributed by atoms with van der Waals surface area (Å²) < 4.78 is 45.3. The molecule has 0 unspecified atom stereocenters. The summed E-state index contributed by atoms with van der Waals surface area (Å²) >= 11 is 8.60. The van der Waals surface area contributed by atoms with Crippen LogP contribution in [-0.4, -0.2) is 23.5 Å². The van der Waals surface area contributed by atoms with E-state index in [1.54, 1.807) is 30.3 Å². The van der Waals surface area contributed by atoms with Crippen molar-refractivity contribution in [2.45, 2.75) is 20.0 Å². The smallest absolute Gasteiger partial charge is 0.416 e. The lowest BCUT2D eigenvalue weighted by Gasteiger charge is -2.15. The Morgan fingerprint density at radius 1 is 0.946 bits per heavy atom. The summed E-state index contributed by atoms with van der Waals surface area (Å²) in [5, 5.41) is 7.85. The Kier molecular flexibility index (Phi) is 9.28. The molecule has 194 valence electrons. The van der Waals surface area contributed by atoms with Gasteiger partial charge in [0, 0.05) is 21.4 Å². The molecule has 0 saturated carbocycles. The van der Waals surface area contributed by atoms with E-state index >= 15 is 0 Å². The van der Waals surface area contributed by atoms with Gasteiger partial charge in [-0.3, -0.25) is 14.9 Å². The van der Waals surface area contributed by atoms with Gasteiger partial charge in [-0.2, -0.15) is 13.2 Å². The van der Waals surface area contributed by atoms with Gasteiger partial charge in [-0.05, 0) is 72.7 Å². The molecule has 6 nitrogen and oxygen atoms in total. The molecule has 37 heavy (non-hydrogen) atoms. The number of anilines is 2. The molecule has 0 aliphatic rings. The normalized spacial score (nSPS) is 11.1. The first-order valence-electron chi connectivity index (χ1n) is 11.1. The molecule has 3 rings (SSSR count). The van der Waals surface area contributed by atoms with Crippen molar-refractivity contribution in [3.05, 3.63) is 87.9 Å². The van der Waals surface area contributed by atoms with Crippen LogP contribution in [0.15, 0.2) is 71.2 Å². The van der Waals surface area contributed by atoms with Crippen molar-refractivity contribution in [3.8, 4) is 5.75 Å². The van der Waals surface area contributed by atoms with Crippen LogP contribution in [0.5, 0.6) is 5.75 Å². The Morgan fingerprint density at radius 2 is 1.62 bits per heavy atom. The van der Waals surface area contributed by atoms with Gasteiger partial charge in [-0.15, -0.1) is 0 Å². The van der Waals surface area contributed by atoms with Crippen molar-refractivity contribution >= 4 is 56.4 Å². The summed E-state index contributed by atoms with van der Waals surface area (Å²) in [5.74, 6) is -0.430. The van der Waals surface area contributed by atoms with Crippen LogP contribution in [0.3, 0.4) is 0 Å². The number of alkyl halides is 3. The fourth-order valence-corrected chi connectivity index (χ4v) is 3.68. The standard InChI is InChI=1S/C26H23BrF3N3O3S/c1-15(2)14-36-22-10-9-18(27)13-21(22)24(35)33-25(37)32-19-7-3-5-16(11-19)23(34)31-20-8-4-6-17(12-20)26(28,29)30/h3-13,15H,14H2,1-2H3,(H,31,34)(H2,32,33,35,37). The Labute approximate surface area is 225 Å². The third-order valence-corrected chi connectivity index (χ3v) is 5.51. The van der Waals surface area contributed by atoms with Gasteiger partial charge in [-0.1, -0.05) is 41.9 Å². The molecule has 0 bridgehead atoms. The van der Waals surface area contributed by atoms with E-state index in [2.05, 4.69) is 31.9 Å². The number of carbonyl (C=O) groups excluding carboxylic acids is 2. The largest absolute Gasteiger partial charge is 0.492 e. The number of hydrogen-bond donors (Lipinski definition) is 3. The van der Waals surface area contributed by atoms with Crippen molar-refractivity contribution in [2.24, 2.45) is 5.92 Å². The van der Waals surface area contributed by atoms with Gasteiger partial charge < -0.3 is 15.4 Å². The van der Waals surface area contributed by atoms with Crippen molar-refractivity contribution in [1.82, 2.24) is 5.32 Å². The highest BCUT2D eigenvalue weighted by molar-refractivity contribution is 9.10. The van der Waals surface area contributed by atoms with Crippen molar-refractivity contribution in [3.63, 3.8) is 0 Å². The number of amides is 2. The van der Waals surface area contributed by atoms with Crippen molar-refractivity contribution in [2.75, 3.05) is 17.2 Å². The van der Waals surface area contributed by atoms with Crippen LogP contribution in [-0.2, 0) is 6.18 Å². The molecule has 3 aromatic rings. The fourth-order valence-electron chi connectivity index (χ4n) is 3.11. The van der Waals surface area contributed by atoms with Gasteiger partial charge in [0.15, 0.2) is 5.11 Å². The highest BCUT2D eigenvalue weighted by atomic mass is 79.9. The third-order valence-electron chi connectivity index (χ3n) is 4.82. The van der Waals surface area contributed by atoms with Crippen LogP contribution >= 0.6 is 28.1 Å². The summed E-state index contributed by atoms with van der Waals surface area (Å²) in [6, 6.07) is 15.6. The number of thiocarbonyl (C=S) groups is 1. The fraction of sp³-hybridized carbons (Fsp3) is 0.192. The molecule has 2 amide bonds. The number of nitrogens with one attached hydrogen (secondary N) is 3.